The summed E-state index contributed by atoms with van der Waals surface area (Å²) >= 11 is 0. The van der Waals surface area contributed by atoms with E-state index in [1.165, 1.54) is 25.3 Å². The average molecular weight is 197 g/mol. The molecule has 0 unspecified atom stereocenters. The van der Waals surface area contributed by atoms with Crippen LogP contribution in [-0.2, 0) is 16.2 Å². The van der Waals surface area contributed by atoms with Crippen LogP contribution in [0.25, 0.3) is 0 Å². The van der Waals surface area contributed by atoms with E-state index in [1.54, 1.807) is 0 Å². The van der Waals surface area contributed by atoms with Gasteiger partial charge in [0.2, 0.25) is 0 Å². The molecule has 0 atom stereocenters. The molecule has 0 aliphatic rings. The van der Waals surface area contributed by atoms with Crippen LogP contribution in [0.2, 0.25) is 0 Å². The summed E-state index contributed by atoms with van der Waals surface area (Å²) in [5.74, 6) is 4.42. The quantitative estimate of drug-likeness (QED) is 0.546. The van der Waals surface area contributed by atoms with Crippen LogP contribution in [0.3, 0.4) is 0 Å². The Bertz CT molecular complexity index is 338. The van der Waals surface area contributed by atoms with Crippen LogP contribution in [0.15, 0.2) is 18.2 Å². The van der Waals surface area contributed by atoms with Gasteiger partial charge >= 0.3 is 5.97 Å². The number of benzene rings is 1. The molecule has 0 heterocycles. The third-order valence-corrected chi connectivity index (χ3v) is 1.74. The maximum atomic E-state index is 11.1. The number of carbonyl (C=O) groups is 1. The maximum absolute atomic E-state index is 11.1. The summed E-state index contributed by atoms with van der Waals surface area (Å²) in [5, 5.41) is 9.33. The zero-order chi connectivity index (χ0) is 10.6. The number of hydrogen-bond donors (Lipinski definition) is 2. The number of phenols is 1. The second-order valence-electron chi connectivity index (χ2n) is 2.65. The van der Waals surface area contributed by atoms with Gasteiger partial charge in [0.15, 0.2) is 0 Å². The van der Waals surface area contributed by atoms with Crippen molar-refractivity contribution in [1.82, 2.24) is 0 Å². The van der Waals surface area contributed by atoms with Gasteiger partial charge in [-0.15, -0.1) is 0 Å². The van der Waals surface area contributed by atoms with E-state index in [0.29, 0.717) is 11.1 Å². The predicted octanol–water partition coefficient (Wildman–Crippen LogP) is 0.569. The molecule has 5 heteroatoms. The molecule has 0 spiro atoms. The summed E-state index contributed by atoms with van der Waals surface area (Å²) in [5.41, 5.74) is 0.785. The van der Waals surface area contributed by atoms with Crippen molar-refractivity contribution >= 4 is 5.97 Å². The van der Waals surface area contributed by atoms with E-state index in [0.717, 1.165) is 0 Å². The number of ether oxygens (including phenoxy) is 1. The van der Waals surface area contributed by atoms with Crippen molar-refractivity contribution in [3.63, 3.8) is 0 Å². The monoisotopic (exact) mass is 197 g/mol. The SMILES string of the molecule is COC(=O)c1ccc(O)c(CON)c1. The molecule has 1 aromatic rings. The Morgan fingerprint density at radius 1 is 1.57 bits per heavy atom. The highest BCUT2D eigenvalue weighted by Gasteiger charge is 2.08. The number of carbonyl (C=O) groups excluding carboxylic acids is 1. The van der Waals surface area contributed by atoms with Crippen molar-refractivity contribution in [3.8, 4) is 5.75 Å². The number of methoxy groups -OCH3 is 1. The molecule has 0 aromatic heterocycles. The third-order valence-electron chi connectivity index (χ3n) is 1.74. The summed E-state index contributed by atoms with van der Waals surface area (Å²) in [4.78, 5) is 15.5. The van der Waals surface area contributed by atoms with Crippen molar-refractivity contribution in [2.75, 3.05) is 7.11 Å². The van der Waals surface area contributed by atoms with Crippen molar-refractivity contribution in [1.29, 1.82) is 0 Å². The molecule has 0 saturated heterocycles. The fraction of sp³-hybridized carbons (Fsp3) is 0.222. The summed E-state index contributed by atoms with van der Waals surface area (Å²) in [6, 6.07) is 4.32. The molecule has 1 rings (SSSR count). The first kappa shape index (κ1) is 10.5. The Hall–Kier alpha value is -1.59. The molecule has 0 fully saturated rings. The molecule has 0 bridgehead atoms. The standard InChI is InChI=1S/C9H11NO4/c1-13-9(12)6-2-3-8(11)7(4-6)5-14-10/h2-4,11H,5,10H2,1H3. The van der Waals surface area contributed by atoms with E-state index in [2.05, 4.69) is 9.57 Å². The zero-order valence-corrected chi connectivity index (χ0v) is 7.69. The van der Waals surface area contributed by atoms with E-state index in [4.69, 9.17) is 5.90 Å². The molecule has 14 heavy (non-hydrogen) atoms. The lowest BCUT2D eigenvalue weighted by molar-refractivity contribution is 0.0600. The second-order valence-corrected chi connectivity index (χ2v) is 2.65. The summed E-state index contributed by atoms with van der Waals surface area (Å²) in [6.07, 6.45) is 0. The molecule has 0 aliphatic carbocycles. The summed E-state index contributed by atoms with van der Waals surface area (Å²) in [6.45, 7) is 0.0384. The van der Waals surface area contributed by atoms with Gasteiger partial charge in [-0.05, 0) is 18.2 Å². The van der Waals surface area contributed by atoms with E-state index in [9.17, 15) is 9.90 Å². The Labute approximate surface area is 81.0 Å². The lowest BCUT2D eigenvalue weighted by Gasteiger charge is -2.05. The van der Waals surface area contributed by atoms with E-state index in [1.807, 2.05) is 0 Å². The second kappa shape index (κ2) is 4.59. The highest BCUT2D eigenvalue weighted by Crippen LogP contribution is 2.19. The van der Waals surface area contributed by atoms with E-state index < -0.39 is 5.97 Å². The molecule has 1 aromatic carbocycles. The average Bonchev–Trinajstić information content (AvgIpc) is 2.20. The van der Waals surface area contributed by atoms with Gasteiger partial charge in [-0.3, -0.25) is 4.84 Å². The van der Waals surface area contributed by atoms with Crippen LogP contribution in [0.4, 0.5) is 0 Å². The molecular formula is C9H11NO4. The number of aromatic hydroxyl groups is 1. The fourth-order valence-electron chi connectivity index (χ4n) is 1.04. The first-order chi connectivity index (χ1) is 6.69. The van der Waals surface area contributed by atoms with Gasteiger partial charge in [0.25, 0.3) is 0 Å². The zero-order valence-electron chi connectivity index (χ0n) is 7.69. The molecule has 0 amide bonds. The first-order valence-electron chi connectivity index (χ1n) is 3.91. The van der Waals surface area contributed by atoms with Gasteiger partial charge in [-0.25, -0.2) is 10.7 Å². The van der Waals surface area contributed by atoms with Gasteiger partial charge in [0, 0.05) is 5.56 Å². The molecule has 76 valence electrons. The summed E-state index contributed by atoms with van der Waals surface area (Å²) in [7, 11) is 1.29. The highest BCUT2D eigenvalue weighted by atomic mass is 16.6. The lowest BCUT2D eigenvalue weighted by Crippen LogP contribution is -2.04. The van der Waals surface area contributed by atoms with Gasteiger partial charge < -0.3 is 9.84 Å². The third kappa shape index (κ3) is 2.21. The largest absolute Gasteiger partial charge is 0.508 e. The minimum Gasteiger partial charge on any atom is -0.508 e. The van der Waals surface area contributed by atoms with Gasteiger partial charge in [0.05, 0.1) is 19.3 Å². The molecular weight excluding hydrogens is 186 g/mol. The lowest BCUT2D eigenvalue weighted by atomic mass is 10.1. The number of esters is 1. The first-order valence-corrected chi connectivity index (χ1v) is 3.91. The normalized spacial score (nSPS) is 9.86. The minimum absolute atomic E-state index is 0.0307. The van der Waals surface area contributed by atoms with Gasteiger partial charge in [-0.2, -0.15) is 0 Å². The van der Waals surface area contributed by atoms with E-state index >= 15 is 0 Å². The Morgan fingerprint density at radius 3 is 2.86 bits per heavy atom. The number of hydrogen-bond acceptors (Lipinski definition) is 5. The van der Waals surface area contributed by atoms with Crippen molar-refractivity contribution in [2.45, 2.75) is 6.61 Å². The van der Waals surface area contributed by atoms with Crippen LogP contribution in [-0.4, -0.2) is 18.2 Å². The number of phenolic OH excluding ortho intramolecular Hbond substituents is 1. The Kier molecular flexibility index (Phi) is 3.44. The summed E-state index contributed by atoms with van der Waals surface area (Å²) < 4.78 is 4.52. The molecule has 0 radical (unpaired) electrons. The highest BCUT2D eigenvalue weighted by molar-refractivity contribution is 5.89. The van der Waals surface area contributed by atoms with Crippen molar-refractivity contribution in [3.05, 3.63) is 29.3 Å². The van der Waals surface area contributed by atoms with E-state index in [-0.39, 0.29) is 12.4 Å². The van der Waals surface area contributed by atoms with Gasteiger partial charge in [-0.1, -0.05) is 0 Å². The topological polar surface area (TPSA) is 81.8 Å². The molecule has 5 nitrogen and oxygen atoms in total. The van der Waals surface area contributed by atoms with Crippen LogP contribution in [0.1, 0.15) is 15.9 Å². The van der Waals surface area contributed by atoms with Crippen LogP contribution >= 0.6 is 0 Å². The number of nitrogens with two attached hydrogens (primary N) is 1. The maximum Gasteiger partial charge on any atom is 0.337 e. The molecule has 3 N–H and O–H groups in total. The molecule has 0 aliphatic heterocycles. The Balaban J connectivity index is 2.99. The van der Waals surface area contributed by atoms with Crippen LogP contribution < -0.4 is 5.90 Å². The number of rotatable bonds is 3. The minimum atomic E-state index is -0.469. The smallest absolute Gasteiger partial charge is 0.337 e. The van der Waals surface area contributed by atoms with Crippen LogP contribution in [0, 0.1) is 0 Å². The van der Waals surface area contributed by atoms with Crippen molar-refractivity contribution in [2.24, 2.45) is 5.90 Å². The Morgan fingerprint density at radius 2 is 2.29 bits per heavy atom. The van der Waals surface area contributed by atoms with Crippen LogP contribution in [0.5, 0.6) is 5.75 Å². The predicted molar refractivity (Wildman–Crippen MR) is 48.4 cm³/mol. The van der Waals surface area contributed by atoms with Crippen molar-refractivity contribution < 1.29 is 19.5 Å². The fourth-order valence-corrected chi connectivity index (χ4v) is 1.04. The van der Waals surface area contributed by atoms with Gasteiger partial charge in [0.1, 0.15) is 5.75 Å². The molecule has 0 saturated carbocycles.